The van der Waals surface area contributed by atoms with Crippen LogP contribution < -0.4 is 10.6 Å². The fraction of sp³-hybridized carbons (Fsp3) is 0.417. The van der Waals surface area contributed by atoms with Crippen molar-refractivity contribution in [1.82, 2.24) is 0 Å². The second kappa shape index (κ2) is 6.77. The van der Waals surface area contributed by atoms with Crippen LogP contribution in [0.25, 0.3) is 0 Å². The minimum atomic E-state index is -0.155. The van der Waals surface area contributed by atoms with E-state index in [0.29, 0.717) is 5.56 Å². The highest BCUT2D eigenvalue weighted by molar-refractivity contribution is 6.04. The highest BCUT2D eigenvalue weighted by atomic mass is 16.2. The maximum absolute atomic E-state index is 13.1. The molecule has 2 amide bonds. The minimum absolute atomic E-state index is 0.148. The molecule has 4 saturated carbocycles. The smallest absolute Gasteiger partial charge is 0.255 e. The number of nitrogens with one attached hydrogen (secondary N) is 2. The SMILES string of the molecule is O=C(Nc1ccccc1)c1ccc(NC(=O)C23CC4CC(CC(C4)C2)C3)cc1. The molecular weight excluding hydrogens is 348 g/mol. The molecule has 0 spiro atoms. The number of anilines is 2. The van der Waals surface area contributed by atoms with Crippen LogP contribution in [-0.2, 0) is 4.79 Å². The van der Waals surface area contributed by atoms with E-state index in [2.05, 4.69) is 10.6 Å². The van der Waals surface area contributed by atoms with Gasteiger partial charge in [0.2, 0.25) is 5.91 Å². The summed E-state index contributed by atoms with van der Waals surface area (Å²) in [7, 11) is 0. The Labute approximate surface area is 165 Å². The summed E-state index contributed by atoms with van der Waals surface area (Å²) in [6.07, 6.45) is 7.17. The summed E-state index contributed by atoms with van der Waals surface area (Å²) < 4.78 is 0. The normalized spacial score (nSPS) is 30.1. The molecule has 0 atom stereocenters. The first-order valence-corrected chi connectivity index (χ1v) is 10.4. The Balaban J connectivity index is 1.25. The fourth-order valence-corrected chi connectivity index (χ4v) is 6.08. The molecule has 0 aliphatic heterocycles. The molecule has 4 fully saturated rings. The lowest BCUT2D eigenvalue weighted by Gasteiger charge is -2.55. The van der Waals surface area contributed by atoms with Gasteiger partial charge in [-0.1, -0.05) is 18.2 Å². The van der Waals surface area contributed by atoms with Crippen molar-refractivity contribution in [3.05, 3.63) is 60.2 Å². The van der Waals surface area contributed by atoms with Gasteiger partial charge in [0.25, 0.3) is 5.91 Å². The number of carbonyl (C=O) groups is 2. The Bertz CT molecular complexity index is 853. The second-order valence-electron chi connectivity index (χ2n) is 9.05. The Morgan fingerprint density at radius 1 is 0.714 bits per heavy atom. The molecule has 2 aromatic rings. The van der Waals surface area contributed by atoms with Crippen LogP contribution in [0.5, 0.6) is 0 Å². The van der Waals surface area contributed by atoms with Gasteiger partial charge in [-0.25, -0.2) is 0 Å². The van der Waals surface area contributed by atoms with Gasteiger partial charge in [-0.3, -0.25) is 9.59 Å². The van der Waals surface area contributed by atoms with Gasteiger partial charge in [-0.15, -0.1) is 0 Å². The zero-order valence-corrected chi connectivity index (χ0v) is 16.0. The van der Waals surface area contributed by atoms with E-state index in [1.165, 1.54) is 19.3 Å². The highest BCUT2D eigenvalue weighted by Gasteiger charge is 2.54. The van der Waals surface area contributed by atoms with E-state index < -0.39 is 0 Å². The molecule has 2 N–H and O–H groups in total. The van der Waals surface area contributed by atoms with Crippen LogP contribution in [-0.4, -0.2) is 11.8 Å². The van der Waals surface area contributed by atoms with Crippen molar-refractivity contribution in [2.24, 2.45) is 23.2 Å². The van der Waals surface area contributed by atoms with Crippen LogP contribution >= 0.6 is 0 Å². The molecule has 4 aliphatic rings. The number of carbonyl (C=O) groups excluding carboxylic acids is 2. The van der Waals surface area contributed by atoms with Crippen molar-refractivity contribution in [1.29, 1.82) is 0 Å². The van der Waals surface area contributed by atoms with Crippen molar-refractivity contribution in [3.63, 3.8) is 0 Å². The first kappa shape index (κ1) is 17.5. The molecule has 2 aromatic carbocycles. The van der Waals surface area contributed by atoms with Crippen LogP contribution in [0, 0.1) is 23.2 Å². The molecule has 0 unspecified atom stereocenters. The zero-order chi connectivity index (χ0) is 19.1. The second-order valence-corrected chi connectivity index (χ2v) is 9.05. The van der Waals surface area contributed by atoms with E-state index >= 15 is 0 Å². The monoisotopic (exact) mass is 374 g/mol. The zero-order valence-electron chi connectivity index (χ0n) is 16.0. The van der Waals surface area contributed by atoms with E-state index in [1.54, 1.807) is 12.1 Å². The number of hydrogen-bond acceptors (Lipinski definition) is 2. The Hall–Kier alpha value is -2.62. The molecule has 144 valence electrons. The number of hydrogen-bond donors (Lipinski definition) is 2. The maximum Gasteiger partial charge on any atom is 0.255 e. The van der Waals surface area contributed by atoms with Gasteiger partial charge >= 0.3 is 0 Å². The Kier molecular flexibility index (Phi) is 4.22. The molecule has 4 aliphatic carbocycles. The quantitative estimate of drug-likeness (QED) is 0.783. The summed E-state index contributed by atoms with van der Waals surface area (Å²) in [4.78, 5) is 25.5. The number of amides is 2. The molecule has 4 bridgehead atoms. The standard InChI is InChI=1S/C24H26N2O2/c27-22(25-20-4-2-1-3-5-20)19-6-8-21(9-7-19)26-23(28)24-13-16-10-17(14-24)12-18(11-16)15-24/h1-9,16-18H,10-15H2,(H,25,27)(H,26,28). The molecule has 28 heavy (non-hydrogen) atoms. The molecule has 0 heterocycles. The molecule has 0 saturated heterocycles. The Morgan fingerprint density at radius 2 is 1.25 bits per heavy atom. The fourth-order valence-electron chi connectivity index (χ4n) is 6.08. The Morgan fingerprint density at radius 3 is 1.82 bits per heavy atom. The predicted octanol–water partition coefficient (Wildman–Crippen LogP) is 5.09. The third-order valence-corrected chi connectivity index (χ3v) is 6.96. The van der Waals surface area contributed by atoms with Crippen molar-refractivity contribution in [3.8, 4) is 0 Å². The third-order valence-electron chi connectivity index (χ3n) is 6.96. The lowest BCUT2D eigenvalue weighted by atomic mass is 9.49. The maximum atomic E-state index is 13.1. The topological polar surface area (TPSA) is 58.2 Å². The molecule has 6 rings (SSSR count). The number of para-hydroxylation sites is 1. The lowest BCUT2D eigenvalue weighted by molar-refractivity contribution is -0.140. The van der Waals surface area contributed by atoms with Gasteiger partial charge in [0.15, 0.2) is 0 Å². The van der Waals surface area contributed by atoms with Crippen molar-refractivity contribution >= 4 is 23.2 Å². The van der Waals surface area contributed by atoms with Crippen LogP contribution in [0.1, 0.15) is 48.9 Å². The van der Waals surface area contributed by atoms with Crippen molar-refractivity contribution in [2.45, 2.75) is 38.5 Å². The minimum Gasteiger partial charge on any atom is -0.326 e. The van der Waals surface area contributed by atoms with Crippen molar-refractivity contribution in [2.75, 3.05) is 10.6 Å². The van der Waals surface area contributed by atoms with Crippen LogP contribution in [0.15, 0.2) is 54.6 Å². The van der Waals surface area contributed by atoms with Gasteiger partial charge in [0.1, 0.15) is 0 Å². The summed E-state index contributed by atoms with van der Waals surface area (Å²) >= 11 is 0. The van der Waals surface area contributed by atoms with Crippen LogP contribution in [0.4, 0.5) is 11.4 Å². The number of benzene rings is 2. The summed E-state index contributed by atoms with van der Waals surface area (Å²) in [5, 5.41) is 6.03. The highest BCUT2D eigenvalue weighted by Crippen LogP contribution is 2.60. The summed E-state index contributed by atoms with van der Waals surface area (Å²) in [6.45, 7) is 0. The van der Waals surface area contributed by atoms with Crippen LogP contribution in [0.2, 0.25) is 0 Å². The summed E-state index contributed by atoms with van der Waals surface area (Å²) in [5.74, 6) is 2.29. The average Bonchev–Trinajstić information content (AvgIpc) is 2.68. The third kappa shape index (κ3) is 3.21. The predicted molar refractivity (Wildman–Crippen MR) is 110 cm³/mol. The van der Waals surface area contributed by atoms with E-state index in [4.69, 9.17) is 0 Å². The molecular formula is C24H26N2O2. The van der Waals surface area contributed by atoms with Gasteiger partial charge in [-0.05, 0) is 92.7 Å². The van der Waals surface area contributed by atoms with Crippen LogP contribution in [0.3, 0.4) is 0 Å². The lowest BCUT2D eigenvalue weighted by Crippen LogP contribution is -2.51. The molecule has 0 radical (unpaired) electrons. The van der Waals surface area contributed by atoms with Gasteiger partial charge in [0, 0.05) is 16.9 Å². The molecule has 4 heteroatoms. The van der Waals surface area contributed by atoms with E-state index in [0.717, 1.165) is 48.4 Å². The largest absolute Gasteiger partial charge is 0.326 e. The van der Waals surface area contributed by atoms with Crippen molar-refractivity contribution < 1.29 is 9.59 Å². The van der Waals surface area contributed by atoms with Gasteiger partial charge in [0.05, 0.1) is 5.41 Å². The molecule has 0 aromatic heterocycles. The van der Waals surface area contributed by atoms with E-state index in [1.807, 2.05) is 42.5 Å². The van der Waals surface area contributed by atoms with E-state index in [9.17, 15) is 9.59 Å². The molecule has 4 nitrogen and oxygen atoms in total. The summed E-state index contributed by atoms with van der Waals surface area (Å²) in [6, 6.07) is 16.6. The summed E-state index contributed by atoms with van der Waals surface area (Å²) in [5.41, 5.74) is 1.97. The van der Waals surface area contributed by atoms with Gasteiger partial charge < -0.3 is 10.6 Å². The van der Waals surface area contributed by atoms with Gasteiger partial charge in [-0.2, -0.15) is 0 Å². The first-order valence-electron chi connectivity index (χ1n) is 10.4. The first-order chi connectivity index (χ1) is 13.6. The average molecular weight is 374 g/mol. The van der Waals surface area contributed by atoms with E-state index in [-0.39, 0.29) is 17.2 Å². The number of rotatable bonds is 4.